The van der Waals surface area contributed by atoms with E-state index < -0.39 is 13.1 Å². The van der Waals surface area contributed by atoms with Crippen LogP contribution in [0.4, 0.5) is 0 Å². The van der Waals surface area contributed by atoms with Gasteiger partial charge in [-0.1, -0.05) is 0 Å². The average molecular weight is 191 g/mol. The van der Waals surface area contributed by atoms with Crippen molar-refractivity contribution < 1.29 is 9.09 Å². The van der Waals surface area contributed by atoms with Crippen LogP contribution >= 0.6 is 31.2 Å². The van der Waals surface area contributed by atoms with Crippen molar-refractivity contribution in [3.63, 3.8) is 0 Å². The molecule has 0 N–H and O–H groups in total. The number of hydrogen-bond donors (Lipinski definition) is 0. The normalized spacial score (nSPS) is 17.2. The van der Waals surface area contributed by atoms with Gasteiger partial charge in [0, 0.05) is 5.88 Å². The van der Waals surface area contributed by atoms with Crippen molar-refractivity contribution in [1.82, 2.24) is 0 Å². The van der Waals surface area contributed by atoms with Gasteiger partial charge in [0.05, 0.1) is 6.61 Å². The van der Waals surface area contributed by atoms with Crippen molar-refractivity contribution in [3.05, 3.63) is 0 Å². The highest BCUT2D eigenvalue weighted by molar-refractivity contribution is 7.42. The molecule has 0 aromatic carbocycles. The lowest BCUT2D eigenvalue weighted by Gasteiger charge is -2.01. The minimum absolute atomic E-state index is 0.316. The molecule has 2 atom stereocenters. The van der Waals surface area contributed by atoms with Gasteiger partial charge >= 0.3 is 0 Å². The summed E-state index contributed by atoms with van der Waals surface area (Å²) < 4.78 is 15.4. The lowest BCUT2D eigenvalue weighted by Crippen LogP contribution is -1.91. The van der Waals surface area contributed by atoms with Gasteiger partial charge in [-0.25, -0.2) is 0 Å². The molecule has 5 heteroatoms. The highest BCUT2D eigenvalue weighted by Crippen LogP contribution is 2.31. The molecule has 9 heavy (non-hydrogen) atoms. The first-order valence-corrected chi connectivity index (χ1v) is 4.91. The molecule has 0 saturated carbocycles. The zero-order valence-corrected chi connectivity index (χ0v) is 7.58. The second-order valence-electron chi connectivity index (χ2n) is 1.47. The van der Waals surface area contributed by atoms with E-state index >= 15 is 0 Å². The topological polar surface area (TPSA) is 26.3 Å². The Morgan fingerprint density at radius 2 is 2.33 bits per heavy atom. The highest BCUT2D eigenvalue weighted by Gasteiger charge is 2.05. The van der Waals surface area contributed by atoms with E-state index in [1.165, 1.54) is 0 Å². The molecule has 0 spiro atoms. The SMILES string of the molecule is CC(Cl)[PH](=O)OCCCl. The van der Waals surface area contributed by atoms with Crippen molar-refractivity contribution >= 4 is 31.2 Å². The van der Waals surface area contributed by atoms with E-state index in [0.29, 0.717) is 12.5 Å². The van der Waals surface area contributed by atoms with Crippen molar-refractivity contribution in [2.75, 3.05) is 12.5 Å². The molecule has 0 bridgehead atoms. The highest BCUT2D eigenvalue weighted by atomic mass is 35.5. The minimum Gasteiger partial charge on any atom is -0.328 e. The largest absolute Gasteiger partial charge is 0.328 e. The van der Waals surface area contributed by atoms with Gasteiger partial charge in [0.2, 0.25) is 8.03 Å². The van der Waals surface area contributed by atoms with Crippen LogP contribution in [0, 0.1) is 0 Å². The number of rotatable bonds is 4. The maximum Gasteiger partial charge on any atom is 0.208 e. The third-order valence-corrected chi connectivity index (χ3v) is 2.47. The molecule has 0 saturated heterocycles. The monoisotopic (exact) mass is 190 g/mol. The molecular weight excluding hydrogens is 182 g/mol. The van der Waals surface area contributed by atoms with Crippen LogP contribution in [0.3, 0.4) is 0 Å². The Morgan fingerprint density at radius 1 is 1.78 bits per heavy atom. The summed E-state index contributed by atoms with van der Waals surface area (Å²) in [6, 6.07) is 0. The molecule has 0 amide bonds. The number of hydrogen-bond acceptors (Lipinski definition) is 2. The average Bonchev–Trinajstić information content (AvgIpc) is 1.82. The molecule has 0 radical (unpaired) electrons. The van der Waals surface area contributed by atoms with E-state index in [-0.39, 0.29) is 0 Å². The van der Waals surface area contributed by atoms with Crippen LogP contribution in [0.25, 0.3) is 0 Å². The van der Waals surface area contributed by atoms with Crippen LogP contribution in [0.2, 0.25) is 0 Å². The fraction of sp³-hybridized carbons (Fsp3) is 1.00. The standard InChI is InChI=1S/C4H9Cl2O2P/c1-4(6)9(7)8-3-2-5/h4,9H,2-3H2,1H3. The molecule has 0 aliphatic rings. The molecule has 0 fully saturated rings. The van der Waals surface area contributed by atoms with Gasteiger partial charge in [-0.05, 0) is 6.92 Å². The Kier molecular flexibility index (Phi) is 6.02. The van der Waals surface area contributed by atoms with Gasteiger partial charge < -0.3 is 4.52 Å². The van der Waals surface area contributed by atoms with E-state index in [1.54, 1.807) is 6.92 Å². The molecule has 0 heterocycles. The van der Waals surface area contributed by atoms with Crippen molar-refractivity contribution in [3.8, 4) is 0 Å². The Morgan fingerprint density at radius 3 is 2.67 bits per heavy atom. The second-order valence-corrected chi connectivity index (χ2v) is 4.66. The van der Waals surface area contributed by atoms with Gasteiger partial charge in [0.15, 0.2) is 0 Å². The van der Waals surface area contributed by atoms with E-state index in [1.807, 2.05) is 0 Å². The molecule has 0 aromatic rings. The fourth-order valence-electron chi connectivity index (χ4n) is 0.254. The molecule has 2 nitrogen and oxygen atoms in total. The predicted molar refractivity (Wildman–Crippen MR) is 41.0 cm³/mol. The van der Waals surface area contributed by atoms with Gasteiger partial charge in [0.25, 0.3) is 0 Å². The third kappa shape index (κ3) is 5.23. The quantitative estimate of drug-likeness (QED) is 0.503. The maximum absolute atomic E-state index is 10.7. The van der Waals surface area contributed by atoms with Crippen LogP contribution < -0.4 is 0 Å². The zero-order valence-electron chi connectivity index (χ0n) is 5.06. The van der Waals surface area contributed by atoms with E-state index in [0.717, 1.165) is 0 Å². The molecule has 0 rings (SSSR count). The Bertz CT molecular complexity index is 96.6. The second kappa shape index (κ2) is 5.55. The summed E-state index contributed by atoms with van der Waals surface area (Å²) >= 11 is 10.7. The van der Waals surface area contributed by atoms with Crippen LogP contribution in [0.5, 0.6) is 0 Å². The van der Waals surface area contributed by atoms with Crippen LogP contribution in [0.1, 0.15) is 6.92 Å². The van der Waals surface area contributed by atoms with E-state index in [9.17, 15) is 4.57 Å². The van der Waals surface area contributed by atoms with Crippen molar-refractivity contribution in [2.45, 2.75) is 12.0 Å². The van der Waals surface area contributed by atoms with Crippen LogP contribution in [0.15, 0.2) is 0 Å². The Labute approximate surface area is 65.3 Å². The first-order valence-electron chi connectivity index (χ1n) is 2.55. The molecule has 0 aliphatic heterocycles. The summed E-state index contributed by atoms with van der Waals surface area (Å²) in [5, 5.41) is -0.391. The third-order valence-electron chi connectivity index (χ3n) is 0.646. The summed E-state index contributed by atoms with van der Waals surface area (Å²) in [5.41, 5.74) is 0. The summed E-state index contributed by atoms with van der Waals surface area (Å²) in [4.78, 5) is 0. The molecule has 2 unspecified atom stereocenters. The van der Waals surface area contributed by atoms with Crippen molar-refractivity contribution in [1.29, 1.82) is 0 Å². The van der Waals surface area contributed by atoms with Gasteiger partial charge in [-0.15, -0.1) is 23.2 Å². The summed E-state index contributed by atoms with van der Waals surface area (Å²) in [5.74, 6) is 0.361. The van der Waals surface area contributed by atoms with Crippen LogP contribution in [-0.4, -0.2) is 17.6 Å². The first-order chi connectivity index (χ1) is 4.18. The van der Waals surface area contributed by atoms with Gasteiger partial charge in [-0.2, -0.15) is 0 Å². The Hall–Kier alpha value is 0.770. The molecule has 56 valence electrons. The van der Waals surface area contributed by atoms with Crippen molar-refractivity contribution in [2.24, 2.45) is 0 Å². The lowest BCUT2D eigenvalue weighted by atomic mass is 10.9. The van der Waals surface area contributed by atoms with E-state index in [2.05, 4.69) is 0 Å². The summed E-state index contributed by atoms with van der Waals surface area (Å²) in [7, 11) is -2.04. The zero-order chi connectivity index (χ0) is 7.28. The maximum atomic E-state index is 10.7. The first kappa shape index (κ1) is 9.77. The summed E-state index contributed by atoms with van der Waals surface area (Å²) in [6.07, 6.45) is 0. The minimum atomic E-state index is -2.04. The molecule has 0 aliphatic carbocycles. The lowest BCUT2D eigenvalue weighted by molar-refractivity contribution is 0.352. The number of halogens is 2. The number of alkyl halides is 2. The van der Waals surface area contributed by atoms with E-state index in [4.69, 9.17) is 27.7 Å². The fourth-order valence-corrected chi connectivity index (χ4v) is 1.18. The molecule has 0 aromatic heterocycles. The Balaban J connectivity index is 3.28. The van der Waals surface area contributed by atoms with Gasteiger partial charge in [-0.3, -0.25) is 4.57 Å². The molecular formula is C4H9Cl2O2P. The van der Waals surface area contributed by atoms with Crippen LogP contribution in [-0.2, 0) is 9.09 Å². The van der Waals surface area contributed by atoms with Gasteiger partial charge in [0.1, 0.15) is 5.12 Å². The smallest absolute Gasteiger partial charge is 0.208 e. The summed E-state index contributed by atoms with van der Waals surface area (Å²) in [6.45, 7) is 1.95. The predicted octanol–water partition coefficient (Wildman–Crippen LogP) is 2.30.